The molecule has 1 heterocycles. The topological polar surface area (TPSA) is 69.9 Å². The molecule has 1 unspecified atom stereocenters. The third-order valence-electron chi connectivity index (χ3n) is 1.49. The number of alkyl halides is 1. The second-order valence-electron chi connectivity index (χ2n) is 2.20. The van der Waals surface area contributed by atoms with Crippen molar-refractivity contribution in [1.82, 2.24) is 0 Å². The Morgan fingerprint density at radius 2 is 1.80 bits per heavy atom. The summed E-state index contributed by atoms with van der Waals surface area (Å²) in [5, 5.41) is 26.3. The van der Waals surface area contributed by atoms with E-state index in [-0.39, 0.29) is 0 Å². The molecule has 0 saturated carbocycles. The summed E-state index contributed by atoms with van der Waals surface area (Å²) < 4.78 is 16.2. The predicted molar refractivity (Wildman–Crippen MR) is 28.9 cm³/mol. The van der Waals surface area contributed by atoms with Crippen LogP contribution in [0.25, 0.3) is 0 Å². The first-order chi connectivity index (χ1) is 4.66. The summed E-state index contributed by atoms with van der Waals surface area (Å²) in [6, 6.07) is 0. The minimum atomic E-state index is -1.46. The summed E-state index contributed by atoms with van der Waals surface area (Å²) in [7, 11) is 0. The summed E-state index contributed by atoms with van der Waals surface area (Å²) in [5.74, 6) is 0. The minimum Gasteiger partial charge on any atom is -0.387 e. The van der Waals surface area contributed by atoms with Crippen molar-refractivity contribution in [2.75, 3.05) is 6.67 Å². The smallest absolute Gasteiger partial charge is 0.184 e. The Bertz CT molecular complexity index is 120. The van der Waals surface area contributed by atoms with Crippen LogP contribution >= 0.6 is 0 Å². The van der Waals surface area contributed by atoms with Crippen LogP contribution < -0.4 is 0 Å². The lowest BCUT2D eigenvalue weighted by Gasteiger charge is -2.08. The van der Waals surface area contributed by atoms with Crippen LogP contribution in [0.15, 0.2) is 0 Å². The van der Waals surface area contributed by atoms with Gasteiger partial charge in [0.1, 0.15) is 25.0 Å². The average Bonchev–Trinajstić information content (AvgIpc) is 2.17. The van der Waals surface area contributed by atoms with Crippen molar-refractivity contribution in [2.24, 2.45) is 0 Å². The molecule has 0 spiro atoms. The van der Waals surface area contributed by atoms with Crippen molar-refractivity contribution in [3.05, 3.63) is 0 Å². The first-order valence-electron chi connectivity index (χ1n) is 2.92. The lowest BCUT2D eigenvalue weighted by molar-refractivity contribution is -0.129. The molecule has 4 atom stereocenters. The van der Waals surface area contributed by atoms with E-state index >= 15 is 0 Å². The van der Waals surface area contributed by atoms with E-state index in [1.807, 2.05) is 0 Å². The second-order valence-corrected chi connectivity index (χ2v) is 2.20. The molecular formula is C5H9FO4. The summed E-state index contributed by atoms with van der Waals surface area (Å²) >= 11 is 0. The van der Waals surface area contributed by atoms with Crippen LogP contribution in [0.5, 0.6) is 0 Å². The highest BCUT2D eigenvalue weighted by atomic mass is 19.1. The van der Waals surface area contributed by atoms with E-state index in [0.29, 0.717) is 0 Å². The van der Waals surface area contributed by atoms with Crippen LogP contribution in [-0.2, 0) is 4.74 Å². The van der Waals surface area contributed by atoms with Crippen molar-refractivity contribution < 1.29 is 24.4 Å². The average molecular weight is 152 g/mol. The molecule has 3 N–H and O–H groups in total. The van der Waals surface area contributed by atoms with Crippen LogP contribution in [0.2, 0.25) is 0 Å². The lowest BCUT2D eigenvalue weighted by atomic mass is 10.1. The van der Waals surface area contributed by atoms with Crippen molar-refractivity contribution >= 4 is 0 Å². The first-order valence-corrected chi connectivity index (χ1v) is 2.92. The van der Waals surface area contributed by atoms with E-state index in [2.05, 4.69) is 4.74 Å². The predicted octanol–water partition coefficient (Wildman–Crippen LogP) is -1.61. The van der Waals surface area contributed by atoms with Gasteiger partial charge in [-0.05, 0) is 0 Å². The highest BCUT2D eigenvalue weighted by Crippen LogP contribution is 2.19. The second kappa shape index (κ2) is 2.79. The van der Waals surface area contributed by atoms with E-state index < -0.39 is 31.3 Å². The molecule has 1 rings (SSSR count). The Kier molecular flexibility index (Phi) is 2.20. The number of hydrogen-bond acceptors (Lipinski definition) is 4. The molecule has 1 aliphatic rings. The fourth-order valence-electron chi connectivity index (χ4n) is 0.856. The zero-order chi connectivity index (χ0) is 7.72. The Balaban J connectivity index is 2.53. The molecular weight excluding hydrogens is 143 g/mol. The van der Waals surface area contributed by atoms with Crippen molar-refractivity contribution in [1.29, 1.82) is 0 Å². The fraction of sp³-hybridized carbons (Fsp3) is 1.00. The van der Waals surface area contributed by atoms with Gasteiger partial charge in [0.25, 0.3) is 0 Å². The Labute approximate surface area is 56.9 Å². The van der Waals surface area contributed by atoms with Gasteiger partial charge in [-0.3, -0.25) is 0 Å². The van der Waals surface area contributed by atoms with Crippen LogP contribution in [0, 0.1) is 0 Å². The largest absolute Gasteiger partial charge is 0.387 e. The number of aliphatic hydroxyl groups is 3. The Morgan fingerprint density at radius 3 is 2.00 bits per heavy atom. The summed E-state index contributed by atoms with van der Waals surface area (Å²) in [6.07, 6.45) is -5.26. The van der Waals surface area contributed by atoms with E-state index in [1.165, 1.54) is 0 Å². The van der Waals surface area contributed by atoms with Gasteiger partial charge in [0.2, 0.25) is 0 Å². The van der Waals surface area contributed by atoms with E-state index in [4.69, 9.17) is 15.3 Å². The van der Waals surface area contributed by atoms with Gasteiger partial charge in [0, 0.05) is 0 Å². The molecule has 0 bridgehead atoms. The first kappa shape index (κ1) is 7.87. The Hall–Kier alpha value is -0.230. The molecule has 4 nitrogen and oxygen atoms in total. The zero-order valence-electron chi connectivity index (χ0n) is 5.14. The number of aliphatic hydroxyl groups excluding tert-OH is 3. The fourth-order valence-corrected chi connectivity index (χ4v) is 0.856. The van der Waals surface area contributed by atoms with Gasteiger partial charge in [-0.1, -0.05) is 0 Å². The maximum absolute atomic E-state index is 11.8. The third-order valence-corrected chi connectivity index (χ3v) is 1.49. The molecule has 1 fully saturated rings. The highest BCUT2D eigenvalue weighted by Gasteiger charge is 2.41. The molecule has 0 amide bonds. The lowest BCUT2D eigenvalue weighted by Crippen LogP contribution is -2.33. The maximum Gasteiger partial charge on any atom is 0.184 e. The number of ether oxygens (including phenoxy) is 1. The van der Waals surface area contributed by atoms with Gasteiger partial charge in [-0.25, -0.2) is 4.39 Å². The van der Waals surface area contributed by atoms with Crippen LogP contribution in [0.1, 0.15) is 0 Å². The van der Waals surface area contributed by atoms with Gasteiger partial charge in [-0.2, -0.15) is 0 Å². The number of rotatable bonds is 1. The standard InChI is InChI=1S/C5H9FO4/c6-1-2-3(7)4(8)5(9)10-2/h2-5,7-9H,1H2/t2-,3+,4-,5?/m1/s1. The SMILES string of the molecule is OC1O[C@H](CF)[C@H](O)[C@H]1O. The maximum atomic E-state index is 11.8. The molecule has 0 aromatic rings. The summed E-state index contributed by atoms with van der Waals surface area (Å²) in [5.41, 5.74) is 0. The van der Waals surface area contributed by atoms with Gasteiger partial charge >= 0.3 is 0 Å². The quantitative estimate of drug-likeness (QED) is 0.423. The highest BCUT2D eigenvalue weighted by molar-refractivity contribution is 4.84. The molecule has 5 heteroatoms. The third kappa shape index (κ3) is 1.13. The molecule has 0 aromatic carbocycles. The zero-order valence-corrected chi connectivity index (χ0v) is 5.14. The summed E-state index contributed by atoms with van der Waals surface area (Å²) in [4.78, 5) is 0. The molecule has 0 radical (unpaired) electrons. The van der Waals surface area contributed by atoms with E-state index in [1.54, 1.807) is 0 Å². The van der Waals surface area contributed by atoms with E-state index in [9.17, 15) is 4.39 Å². The van der Waals surface area contributed by atoms with Crippen molar-refractivity contribution in [2.45, 2.75) is 24.6 Å². The molecule has 10 heavy (non-hydrogen) atoms. The van der Waals surface area contributed by atoms with Crippen LogP contribution in [0.3, 0.4) is 0 Å². The minimum absolute atomic E-state index is 0.907. The molecule has 0 aromatic heterocycles. The molecule has 60 valence electrons. The summed E-state index contributed by atoms with van der Waals surface area (Å²) in [6.45, 7) is -0.907. The monoisotopic (exact) mass is 152 g/mol. The van der Waals surface area contributed by atoms with E-state index in [0.717, 1.165) is 0 Å². The van der Waals surface area contributed by atoms with Crippen LogP contribution in [0.4, 0.5) is 4.39 Å². The Morgan fingerprint density at radius 1 is 1.20 bits per heavy atom. The molecule has 1 aliphatic heterocycles. The molecule has 0 aliphatic carbocycles. The normalized spacial score (nSPS) is 48.0. The molecule has 1 saturated heterocycles. The number of halogens is 1. The van der Waals surface area contributed by atoms with Gasteiger partial charge in [0.05, 0.1) is 0 Å². The van der Waals surface area contributed by atoms with Gasteiger partial charge in [0.15, 0.2) is 6.29 Å². The van der Waals surface area contributed by atoms with Gasteiger partial charge in [-0.15, -0.1) is 0 Å². The van der Waals surface area contributed by atoms with Crippen LogP contribution in [-0.4, -0.2) is 46.6 Å². The number of hydrogen-bond donors (Lipinski definition) is 3. The van der Waals surface area contributed by atoms with Crippen molar-refractivity contribution in [3.63, 3.8) is 0 Å². The van der Waals surface area contributed by atoms with Crippen molar-refractivity contribution in [3.8, 4) is 0 Å². The van der Waals surface area contributed by atoms with Gasteiger partial charge < -0.3 is 20.1 Å².